The highest BCUT2D eigenvalue weighted by molar-refractivity contribution is 7.89. The number of hydrogen-bond donors (Lipinski definition) is 2. The second kappa shape index (κ2) is 7.18. The maximum absolute atomic E-state index is 12.4. The number of anilines is 1. The topological polar surface area (TPSA) is 88.2 Å². The lowest BCUT2D eigenvalue weighted by atomic mass is 10.2. The lowest BCUT2D eigenvalue weighted by Gasteiger charge is -2.12. The van der Waals surface area contributed by atoms with E-state index >= 15 is 0 Å². The van der Waals surface area contributed by atoms with E-state index < -0.39 is 10.0 Å². The van der Waals surface area contributed by atoms with Gasteiger partial charge in [0.05, 0.1) is 15.6 Å². The Morgan fingerprint density at radius 2 is 2.00 bits per heavy atom. The number of benzene rings is 1. The van der Waals surface area contributed by atoms with Gasteiger partial charge in [-0.2, -0.15) is 0 Å². The van der Waals surface area contributed by atoms with Gasteiger partial charge in [-0.05, 0) is 38.5 Å². The van der Waals surface area contributed by atoms with Crippen molar-refractivity contribution in [1.82, 2.24) is 9.71 Å². The quantitative estimate of drug-likeness (QED) is 0.822. The van der Waals surface area contributed by atoms with E-state index in [4.69, 9.17) is 11.6 Å². The van der Waals surface area contributed by atoms with Crippen molar-refractivity contribution in [2.24, 2.45) is 0 Å². The van der Waals surface area contributed by atoms with Gasteiger partial charge in [0.15, 0.2) is 5.13 Å². The molecule has 0 saturated heterocycles. The summed E-state index contributed by atoms with van der Waals surface area (Å²) in [4.78, 5) is 16.2. The summed E-state index contributed by atoms with van der Waals surface area (Å²) in [7, 11) is -3.71. The van der Waals surface area contributed by atoms with E-state index in [1.807, 2.05) is 0 Å². The van der Waals surface area contributed by atoms with Gasteiger partial charge in [-0.15, -0.1) is 0 Å². The monoisotopic (exact) mass is 387 g/mol. The van der Waals surface area contributed by atoms with Crippen LogP contribution in [0.4, 0.5) is 5.13 Å². The maximum atomic E-state index is 12.4. The van der Waals surface area contributed by atoms with Crippen molar-refractivity contribution in [1.29, 1.82) is 0 Å². The van der Waals surface area contributed by atoms with Gasteiger partial charge in [0, 0.05) is 13.0 Å². The molecule has 0 atom stereocenters. The number of amides is 1. The number of aromatic nitrogens is 1. The average Bonchev–Trinajstić information content (AvgIpc) is 2.77. The number of sulfonamides is 1. The second-order valence-electron chi connectivity index (χ2n) is 5.54. The van der Waals surface area contributed by atoms with Gasteiger partial charge in [0.1, 0.15) is 4.90 Å². The predicted molar refractivity (Wildman–Crippen MR) is 97.1 cm³/mol. The van der Waals surface area contributed by atoms with E-state index in [-0.39, 0.29) is 21.9 Å². The first-order chi connectivity index (χ1) is 11.1. The molecule has 2 aromatic rings. The van der Waals surface area contributed by atoms with Crippen LogP contribution in [0.5, 0.6) is 0 Å². The molecule has 9 heteroatoms. The van der Waals surface area contributed by atoms with Crippen LogP contribution >= 0.6 is 22.9 Å². The Morgan fingerprint density at radius 1 is 1.33 bits per heavy atom. The highest BCUT2D eigenvalue weighted by Crippen LogP contribution is 2.35. The molecule has 2 N–H and O–H groups in total. The molecule has 2 rings (SSSR count). The third kappa shape index (κ3) is 4.32. The van der Waals surface area contributed by atoms with Crippen LogP contribution in [0.15, 0.2) is 23.1 Å². The molecule has 130 valence electrons. The Morgan fingerprint density at radius 3 is 2.58 bits per heavy atom. The van der Waals surface area contributed by atoms with Crippen LogP contribution in [0.3, 0.4) is 0 Å². The van der Waals surface area contributed by atoms with Crippen molar-refractivity contribution in [3.63, 3.8) is 0 Å². The van der Waals surface area contributed by atoms with E-state index in [0.29, 0.717) is 16.4 Å². The van der Waals surface area contributed by atoms with Gasteiger partial charge in [-0.25, -0.2) is 18.1 Å². The van der Waals surface area contributed by atoms with Crippen molar-refractivity contribution in [3.8, 4) is 10.4 Å². The molecule has 0 aliphatic heterocycles. The van der Waals surface area contributed by atoms with Gasteiger partial charge in [0.2, 0.25) is 15.9 Å². The number of nitrogens with zero attached hydrogens (tertiary/aromatic N) is 1. The first kappa shape index (κ1) is 18.9. The van der Waals surface area contributed by atoms with E-state index in [9.17, 15) is 13.2 Å². The number of carbonyl (C=O) groups is 1. The molecule has 1 aromatic heterocycles. The van der Waals surface area contributed by atoms with E-state index in [0.717, 1.165) is 4.88 Å². The fourth-order valence-corrected chi connectivity index (χ4v) is 4.88. The van der Waals surface area contributed by atoms with Gasteiger partial charge in [-0.1, -0.05) is 29.0 Å². The summed E-state index contributed by atoms with van der Waals surface area (Å²) in [6.45, 7) is 6.68. The first-order valence-corrected chi connectivity index (χ1v) is 9.85. The molecule has 1 amide bonds. The molecule has 0 saturated carbocycles. The van der Waals surface area contributed by atoms with E-state index in [1.54, 1.807) is 32.9 Å². The Bertz CT molecular complexity index is 876. The summed E-state index contributed by atoms with van der Waals surface area (Å²) in [6, 6.07) is 4.55. The lowest BCUT2D eigenvalue weighted by molar-refractivity contribution is -0.114. The standard InChI is InChI=1S/C15H18ClN3O3S2/c1-8(2)19-24(21,22)13-7-11(5-6-12(13)16)14-9(3)17-15(23-14)18-10(4)20/h5-8,19H,1-4H3,(H,17,18,20). The minimum atomic E-state index is -3.71. The molecular weight excluding hydrogens is 370 g/mol. The summed E-state index contributed by atoms with van der Waals surface area (Å²) in [5.74, 6) is -0.212. The molecule has 0 fully saturated rings. The molecule has 24 heavy (non-hydrogen) atoms. The highest BCUT2D eigenvalue weighted by atomic mass is 35.5. The van der Waals surface area contributed by atoms with Gasteiger partial charge in [-0.3, -0.25) is 4.79 Å². The number of hydrogen-bond acceptors (Lipinski definition) is 5. The summed E-state index contributed by atoms with van der Waals surface area (Å²) < 4.78 is 27.4. The third-order valence-electron chi connectivity index (χ3n) is 2.95. The average molecular weight is 388 g/mol. The van der Waals surface area contributed by atoms with Gasteiger partial charge in [0.25, 0.3) is 0 Å². The molecule has 1 aromatic carbocycles. The van der Waals surface area contributed by atoms with Crippen LogP contribution in [0.25, 0.3) is 10.4 Å². The summed E-state index contributed by atoms with van der Waals surface area (Å²) in [6.07, 6.45) is 0. The van der Waals surface area contributed by atoms with Crippen LogP contribution in [0, 0.1) is 6.92 Å². The summed E-state index contributed by atoms with van der Waals surface area (Å²) >= 11 is 7.36. The smallest absolute Gasteiger partial charge is 0.242 e. The van der Waals surface area contributed by atoms with Gasteiger partial charge < -0.3 is 5.32 Å². The van der Waals surface area contributed by atoms with Crippen molar-refractivity contribution in [2.75, 3.05) is 5.32 Å². The molecular formula is C15H18ClN3O3S2. The van der Waals surface area contributed by atoms with Crippen LogP contribution in [0.1, 0.15) is 26.5 Å². The maximum Gasteiger partial charge on any atom is 0.242 e. The molecule has 6 nitrogen and oxygen atoms in total. The molecule has 1 heterocycles. The van der Waals surface area contributed by atoms with Crippen LogP contribution in [-0.2, 0) is 14.8 Å². The SMILES string of the molecule is CC(=O)Nc1nc(C)c(-c2ccc(Cl)c(S(=O)(=O)NC(C)C)c2)s1. The second-order valence-corrected chi connectivity index (χ2v) is 8.62. The van der Waals surface area contributed by atoms with E-state index in [1.165, 1.54) is 24.3 Å². The number of nitrogens with one attached hydrogen (secondary N) is 2. The minimum Gasteiger partial charge on any atom is -0.302 e. The summed E-state index contributed by atoms with van der Waals surface area (Å²) in [5.41, 5.74) is 1.38. The highest BCUT2D eigenvalue weighted by Gasteiger charge is 2.21. The fourth-order valence-electron chi connectivity index (χ4n) is 2.09. The zero-order valence-electron chi connectivity index (χ0n) is 13.7. The first-order valence-electron chi connectivity index (χ1n) is 7.17. The Labute approximate surface area is 150 Å². The number of thiazole rings is 1. The third-order valence-corrected chi connectivity index (χ3v) is 6.22. The Balaban J connectivity index is 2.49. The molecule has 0 bridgehead atoms. The minimum absolute atomic E-state index is 0.0178. The van der Waals surface area contributed by atoms with Crippen LogP contribution in [-0.4, -0.2) is 25.4 Å². The molecule has 0 aliphatic carbocycles. The molecule has 0 unspecified atom stereocenters. The lowest BCUT2D eigenvalue weighted by Crippen LogP contribution is -2.30. The zero-order chi connectivity index (χ0) is 18.1. The van der Waals surface area contributed by atoms with Crippen molar-refractivity contribution < 1.29 is 13.2 Å². The molecule has 0 aliphatic rings. The van der Waals surface area contributed by atoms with Crippen molar-refractivity contribution in [3.05, 3.63) is 28.9 Å². The van der Waals surface area contributed by atoms with Crippen molar-refractivity contribution >= 4 is 44.0 Å². The number of rotatable bonds is 5. The molecule has 0 spiro atoms. The summed E-state index contributed by atoms with van der Waals surface area (Å²) in [5, 5.41) is 3.25. The van der Waals surface area contributed by atoms with E-state index in [2.05, 4.69) is 15.0 Å². The largest absolute Gasteiger partial charge is 0.302 e. The van der Waals surface area contributed by atoms with Crippen molar-refractivity contribution in [2.45, 2.75) is 38.6 Å². The zero-order valence-corrected chi connectivity index (χ0v) is 16.1. The Kier molecular flexibility index (Phi) is 5.64. The number of carbonyl (C=O) groups excluding carboxylic acids is 1. The normalized spacial score (nSPS) is 11.8. The number of aryl methyl sites for hydroxylation is 1. The number of halogens is 1. The molecule has 0 radical (unpaired) electrons. The van der Waals surface area contributed by atoms with Crippen LogP contribution in [0.2, 0.25) is 5.02 Å². The fraction of sp³-hybridized carbons (Fsp3) is 0.333. The Hall–Kier alpha value is -1.48. The van der Waals surface area contributed by atoms with Gasteiger partial charge >= 0.3 is 0 Å². The predicted octanol–water partition coefficient (Wildman–Crippen LogP) is 3.42. The van der Waals surface area contributed by atoms with Crippen LogP contribution < -0.4 is 10.0 Å².